The zero-order valence-corrected chi connectivity index (χ0v) is 14.3. The van der Waals surface area contributed by atoms with E-state index in [2.05, 4.69) is 5.32 Å². The second kappa shape index (κ2) is 6.46. The lowest BCUT2D eigenvalue weighted by molar-refractivity contribution is 0.0949. The van der Waals surface area contributed by atoms with Crippen molar-refractivity contribution in [2.45, 2.75) is 13.1 Å². The molecule has 1 aromatic heterocycles. The number of nitrogens with one attached hydrogen (secondary N) is 1. The van der Waals surface area contributed by atoms with Crippen molar-refractivity contribution in [3.8, 4) is 5.75 Å². The Balaban J connectivity index is 1.71. The summed E-state index contributed by atoms with van der Waals surface area (Å²) in [6.45, 7) is 1.15. The minimum Gasteiger partial charge on any atom is -0.490 e. The number of nitrogens with zero attached hydrogens (tertiary/aromatic N) is 1. The van der Waals surface area contributed by atoms with Crippen LogP contribution in [0.25, 0.3) is 10.9 Å². The molecule has 0 saturated heterocycles. The topological polar surface area (TPSA) is 60.3 Å². The van der Waals surface area contributed by atoms with Crippen molar-refractivity contribution < 1.29 is 13.9 Å². The van der Waals surface area contributed by atoms with Gasteiger partial charge < -0.3 is 14.6 Å². The van der Waals surface area contributed by atoms with Gasteiger partial charge in [-0.15, -0.1) is 0 Å². The van der Waals surface area contributed by atoms with Gasteiger partial charge in [0.15, 0.2) is 0 Å². The first-order valence-corrected chi connectivity index (χ1v) is 8.43. The SMILES string of the molecule is O=C(NCc1ccc(F)cc1)c1cn2c3c(ccc(Cl)c3c1=O)OCC2. The molecule has 0 radical (unpaired) electrons. The number of hydrogen-bond donors (Lipinski definition) is 1. The van der Waals surface area contributed by atoms with Crippen molar-refractivity contribution in [1.82, 2.24) is 9.88 Å². The molecule has 1 amide bonds. The molecule has 1 aliphatic heterocycles. The van der Waals surface area contributed by atoms with E-state index in [-0.39, 0.29) is 28.3 Å². The molecule has 26 heavy (non-hydrogen) atoms. The largest absolute Gasteiger partial charge is 0.490 e. The van der Waals surface area contributed by atoms with Gasteiger partial charge >= 0.3 is 0 Å². The molecule has 1 aliphatic rings. The first kappa shape index (κ1) is 16.6. The second-order valence-electron chi connectivity index (χ2n) is 5.99. The van der Waals surface area contributed by atoms with Crippen LogP contribution in [0.3, 0.4) is 0 Å². The zero-order valence-electron chi connectivity index (χ0n) is 13.6. The van der Waals surface area contributed by atoms with Crippen molar-refractivity contribution in [2.24, 2.45) is 0 Å². The lowest BCUT2D eigenvalue weighted by Crippen LogP contribution is -2.31. The molecule has 0 atom stereocenters. The van der Waals surface area contributed by atoms with Crippen LogP contribution in [0.5, 0.6) is 5.75 Å². The summed E-state index contributed by atoms with van der Waals surface area (Å²) < 4.78 is 20.3. The summed E-state index contributed by atoms with van der Waals surface area (Å²) >= 11 is 6.22. The van der Waals surface area contributed by atoms with Gasteiger partial charge in [-0.2, -0.15) is 0 Å². The normalized spacial score (nSPS) is 12.7. The van der Waals surface area contributed by atoms with Crippen LogP contribution in [0, 0.1) is 5.82 Å². The molecule has 1 N–H and O–H groups in total. The maximum Gasteiger partial charge on any atom is 0.257 e. The summed E-state index contributed by atoms with van der Waals surface area (Å²) in [5, 5.41) is 3.25. The van der Waals surface area contributed by atoms with Gasteiger partial charge in [-0.3, -0.25) is 9.59 Å². The number of hydrogen-bond acceptors (Lipinski definition) is 3. The van der Waals surface area contributed by atoms with E-state index < -0.39 is 11.3 Å². The van der Waals surface area contributed by atoms with Crippen molar-refractivity contribution in [3.63, 3.8) is 0 Å². The first-order chi connectivity index (χ1) is 12.5. The number of benzene rings is 2. The molecular formula is C19H14ClFN2O3. The summed E-state index contributed by atoms with van der Waals surface area (Å²) in [6, 6.07) is 9.10. The predicted molar refractivity (Wildman–Crippen MR) is 96.3 cm³/mol. The summed E-state index contributed by atoms with van der Waals surface area (Å²) in [5.74, 6) is -0.274. The van der Waals surface area contributed by atoms with Crippen LogP contribution in [-0.2, 0) is 13.1 Å². The Morgan fingerprint density at radius 1 is 1.23 bits per heavy atom. The maximum atomic E-state index is 13.0. The molecule has 0 aliphatic carbocycles. The number of aromatic nitrogens is 1. The van der Waals surface area contributed by atoms with E-state index in [0.29, 0.717) is 24.4 Å². The van der Waals surface area contributed by atoms with Crippen LogP contribution in [0.4, 0.5) is 4.39 Å². The first-order valence-electron chi connectivity index (χ1n) is 8.05. The van der Waals surface area contributed by atoms with Crippen LogP contribution in [-0.4, -0.2) is 17.1 Å². The number of amides is 1. The second-order valence-corrected chi connectivity index (χ2v) is 6.40. The monoisotopic (exact) mass is 372 g/mol. The fraction of sp³-hybridized carbons (Fsp3) is 0.158. The van der Waals surface area contributed by atoms with E-state index in [4.69, 9.17) is 16.3 Å². The molecule has 0 unspecified atom stereocenters. The summed E-state index contributed by atoms with van der Waals surface area (Å²) in [5.41, 5.74) is 0.908. The summed E-state index contributed by atoms with van der Waals surface area (Å²) in [7, 11) is 0. The third-order valence-corrected chi connectivity index (χ3v) is 4.65. The van der Waals surface area contributed by atoms with Crippen molar-refractivity contribution >= 4 is 28.4 Å². The molecule has 7 heteroatoms. The smallest absolute Gasteiger partial charge is 0.257 e. The third-order valence-electron chi connectivity index (χ3n) is 4.33. The fourth-order valence-corrected chi connectivity index (χ4v) is 3.29. The van der Waals surface area contributed by atoms with E-state index in [0.717, 1.165) is 5.56 Å². The van der Waals surface area contributed by atoms with Gasteiger partial charge in [-0.1, -0.05) is 23.7 Å². The van der Waals surface area contributed by atoms with Gasteiger partial charge in [0.05, 0.1) is 22.5 Å². The van der Waals surface area contributed by atoms with Crippen LogP contribution < -0.4 is 15.5 Å². The van der Waals surface area contributed by atoms with Gasteiger partial charge in [0.25, 0.3) is 5.91 Å². The average molecular weight is 373 g/mol. The van der Waals surface area contributed by atoms with Crippen molar-refractivity contribution in [2.75, 3.05) is 6.61 Å². The molecule has 0 saturated carbocycles. The number of halogens is 2. The van der Waals surface area contributed by atoms with Gasteiger partial charge in [0, 0.05) is 12.7 Å². The fourth-order valence-electron chi connectivity index (χ4n) is 3.05. The van der Waals surface area contributed by atoms with Gasteiger partial charge in [0.2, 0.25) is 5.43 Å². The molecule has 132 valence electrons. The predicted octanol–water partition coefficient (Wildman–Crippen LogP) is 3.12. The van der Waals surface area contributed by atoms with Crippen LogP contribution in [0.2, 0.25) is 5.02 Å². The zero-order chi connectivity index (χ0) is 18.3. The van der Waals surface area contributed by atoms with Crippen LogP contribution in [0.15, 0.2) is 47.4 Å². The minimum atomic E-state index is -0.502. The lowest BCUT2D eigenvalue weighted by atomic mass is 10.1. The molecular weight excluding hydrogens is 359 g/mol. The molecule has 4 rings (SSSR count). The average Bonchev–Trinajstić information content (AvgIpc) is 2.65. The Morgan fingerprint density at radius 2 is 2.00 bits per heavy atom. The van der Waals surface area contributed by atoms with Crippen LogP contribution >= 0.6 is 11.6 Å². The Hall–Kier alpha value is -2.86. The van der Waals surface area contributed by atoms with Crippen molar-refractivity contribution in [1.29, 1.82) is 0 Å². The van der Waals surface area contributed by atoms with E-state index in [1.807, 2.05) is 4.57 Å². The van der Waals surface area contributed by atoms with Gasteiger partial charge in [0.1, 0.15) is 23.7 Å². The summed E-state index contributed by atoms with van der Waals surface area (Å²) in [4.78, 5) is 25.4. The Kier molecular flexibility index (Phi) is 4.12. The minimum absolute atomic E-state index is 0.0144. The van der Waals surface area contributed by atoms with Gasteiger partial charge in [-0.05, 0) is 29.8 Å². The Morgan fingerprint density at radius 3 is 2.77 bits per heavy atom. The number of rotatable bonds is 3. The molecule has 3 aromatic rings. The van der Waals surface area contributed by atoms with E-state index in [1.54, 1.807) is 24.3 Å². The highest BCUT2D eigenvalue weighted by Crippen LogP contribution is 2.31. The summed E-state index contributed by atoms with van der Waals surface area (Å²) in [6.07, 6.45) is 1.53. The Bertz CT molecular complexity index is 1080. The molecule has 0 bridgehead atoms. The van der Waals surface area contributed by atoms with E-state index >= 15 is 0 Å². The van der Waals surface area contributed by atoms with Crippen LogP contribution in [0.1, 0.15) is 15.9 Å². The molecule has 2 aromatic carbocycles. The molecule has 0 spiro atoms. The van der Waals surface area contributed by atoms with Gasteiger partial charge in [-0.25, -0.2) is 4.39 Å². The molecule has 2 heterocycles. The molecule has 0 fully saturated rings. The standard InChI is InChI=1S/C19H14ClFN2O3/c20-14-5-6-15-17-16(14)18(24)13(10-23(17)7-8-26-15)19(25)22-9-11-1-3-12(21)4-2-11/h1-6,10H,7-9H2,(H,22,25). The highest BCUT2D eigenvalue weighted by Gasteiger charge is 2.22. The quantitative estimate of drug-likeness (QED) is 0.768. The van der Waals surface area contributed by atoms with E-state index in [1.165, 1.54) is 18.3 Å². The number of ether oxygens (including phenoxy) is 1. The Labute approximate surface area is 153 Å². The molecule has 5 nitrogen and oxygen atoms in total. The number of carbonyl (C=O) groups is 1. The van der Waals surface area contributed by atoms with E-state index in [9.17, 15) is 14.0 Å². The maximum absolute atomic E-state index is 13.0. The third kappa shape index (κ3) is 2.82. The van der Waals surface area contributed by atoms with Crippen molar-refractivity contribution in [3.05, 3.63) is 74.8 Å². The highest BCUT2D eigenvalue weighted by molar-refractivity contribution is 6.35. The number of carbonyl (C=O) groups excluding carboxylic acids is 1. The highest BCUT2D eigenvalue weighted by atomic mass is 35.5. The number of pyridine rings is 1. The lowest BCUT2D eigenvalue weighted by Gasteiger charge is -2.22.